The van der Waals surface area contributed by atoms with Crippen molar-refractivity contribution in [1.29, 1.82) is 0 Å². The standard InChI is InChI=1S/C17H25N3O2/c1-4-14(18)13-10-19-17-12(13)8-7-9-15(17)22-11-16(21)20(5-2)6-3/h7-10,14,19H,4-6,11,18H2,1-3H3. The second-order valence-corrected chi connectivity index (χ2v) is 5.29. The molecule has 0 spiro atoms. The third-order valence-electron chi connectivity index (χ3n) is 4.02. The number of benzene rings is 1. The lowest BCUT2D eigenvalue weighted by molar-refractivity contribution is -0.132. The fourth-order valence-corrected chi connectivity index (χ4v) is 2.60. The van der Waals surface area contributed by atoms with E-state index in [0.717, 1.165) is 22.9 Å². The molecule has 1 atom stereocenters. The fraction of sp³-hybridized carbons (Fsp3) is 0.471. The van der Waals surface area contributed by atoms with Crippen LogP contribution in [-0.2, 0) is 4.79 Å². The number of aromatic nitrogens is 1. The Bertz CT molecular complexity index is 632. The van der Waals surface area contributed by atoms with Crippen LogP contribution in [0.1, 0.15) is 38.8 Å². The summed E-state index contributed by atoms with van der Waals surface area (Å²) < 4.78 is 5.73. The van der Waals surface area contributed by atoms with Gasteiger partial charge in [0.05, 0.1) is 5.52 Å². The van der Waals surface area contributed by atoms with Crippen molar-refractivity contribution in [2.24, 2.45) is 5.73 Å². The second-order valence-electron chi connectivity index (χ2n) is 5.29. The molecule has 0 saturated heterocycles. The molecule has 22 heavy (non-hydrogen) atoms. The van der Waals surface area contributed by atoms with E-state index in [1.54, 1.807) is 4.90 Å². The summed E-state index contributed by atoms with van der Waals surface area (Å²) in [6.45, 7) is 7.43. The van der Waals surface area contributed by atoms with Crippen molar-refractivity contribution in [3.63, 3.8) is 0 Å². The van der Waals surface area contributed by atoms with Crippen LogP contribution in [-0.4, -0.2) is 35.5 Å². The van der Waals surface area contributed by atoms with Crippen molar-refractivity contribution >= 4 is 16.8 Å². The first-order valence-electron chi connectivity index (χ1n) is 7.88. The van der Waals surface area contributed by atoms with Crippen LogP contribution < -0.4 is 10.5 Å². The van der Waals surface area contributed by atoms with Gasteiger partial charge < -0.3 is 20.4 Å². The molecule has 1 unspecified atom stereocenters. The Morgan fingerprint density at radius 3 is 2.68 bits per heavy atom. The van der Waals surface area contributed by atoms with Crippen molar-refractivity contribution in [2.45, 2.75) is 33.2 Å². The number of nitrogens with zero attached hydrogens (tertiary/aromatic N) is 1. The number of hydrogen-bond acceptors (Lipinski definition) is 3. The quantitative estimate of drug-likeness (QED) is 0.826. The Balaban J connectivity index is 2.19. The molecule has 0 aliphatic heterocycles. The van der Waals surface area contributed by atoms with Gasteiger partial charge in [0.15, 0.2) is 6.61 Å². The molecule has 1 amide bonds. The van der Waals surface area contributed by atoms with Gasteiger partial charge >= 0.3 is 0 Å². The van der Waals surface area contributed by atoms with Gasteiger partial charge in [-0.2, -0.15) is 0 Å². The molecule has 0 aliphatic carbocycles. The van der Waals surface area contributed by atoms with Crippen LogP contribution in [0.3, 0.4) is 0 Å². The lowest BCUT2D eigenvalue weighted by atomic mass is 10.0. The minimum Gasteiger partial charge on any atom is -0.482 e. The van der Waals surface area contributed by atoms with Crippen LogP contribution in [0.4, 0.5) is 0 Å². The molecule has 1 aromatic heterocycles. The smallest absolute Gasteiger partial charge is 0.260 e. The minimum absolute atomic E-state index is 0.000887. The molecule has 0 bridgehead atoms. The number of rotatable bonds is 7. The molecular formula is C17H25N3O2. The van der Waals surface area contributed by atoms with Gasteiger partial charge in [0.2, 0.25) is 0 Å². The van der Waals surface area contributed by atoms with Gasteiger partial charge in [-0.1, -0.05) is 19.1 Å². The summed E-state index contributed by atoms with van der Waals surface area (Å²) in [5.41, 5.74) is 8.11. The lowest BCUT2D eigenvalue weighted by Gasteiger charge is -2.18. The third-order valence-corrected chi connectivity index (χ3v) is 4.02. The Hall–Kier alpha value is -2.01. The van der Waals surface area contributed by atoms with E-state index < -0.39 is 0 Å². The number of likely N-dealkylation sites (N-methyl/N-ethyl adjacent to an activating group) is 1. The van der Waals surface area contributed by atoms with Crippen LogP contribution in [0.25, 0.3) is 10.9 Å². The van der Waals surface area contributed by atoms with Gasteiger partial charge in [-0.3, -0.25) is 4.79 Å². The number of hydrogen-bond donors (Lipinski definition) is 2. The van der Waals surface area contributed by atoms with E-state index in [4.69, 9.17) is 10.5 Å². The van der Waals surface area contributed by atoms with Gasteiger partial charge in [-0.15, -0.1) is 0 Å². The predicted octanol–water partition coefficient (Wildman–Crippen LogP) is 2.82. The van der Waals surface area contributed by atoms with E-state index in [9.17, 15) is 4.79 Å². The van der Waals surface area contributed by atoms with E-state index in [2.05, 4.69) is 11.9 Å². The number of carbonyl (C=O) groups excluding carboxylic acids is 1. The molecule has 3 N–H and O–H groups in total. The average Bonchev–Trinajstić information content (AvgIpc) is 2.97. The first-order valence-corrected chi connectivity index (χ1v) is 7.88. The first kappa shape index (κ1) is 16.4. The number of nitrogens with one attached hydrogen (secondary N) is 1. The van der Waals surface area contributed by atoms with Crippen molar-refractivity contribution in [3.05, 3.63) is 30.0 Å². The van der Waals surface area contributed by atoms with Gasteiger partial charge in [0.1, 0.15) is 5.75 Å². The molecule has 5 heteroatoms. The fourth-order valence-electron chi connectivity index (χ4n) is 2.60. The van der Waals surface area contributed by atoms with Crippen LogP contribution in [0.2, 0.25) is 0 Å². The van der Waals surface area contributed by atoms with Crippen molar-refractivity contribution in [2.75, 3.05) is 19.7 Å². The zero-order chi connectivity index (χ0) is 16.1. The molecular weight excluding hydrogens is 278 g/mol. The maximum Gasteiger partial charge on any atom is 0.260 e. The minimum atomic E-state index is -0.000887. The molecule has 1 aromatic carbocycles. The first-order chi connectivity index (χ1) is 10.6. The van der Waals surface area contributed by atoms with Crippen LogP contribution in [0.5, 0.6) is 5.75 Å². The van der Waals surface area contributed by atoms with E-state index in [0.29, 0.717) is 18.8 Å². The number of fused-ring (bicyclic) bond motifs is 1. The largest absolute Gasteiger partial charge is 0.482 e. The number of carbonyl (C=O) groups is 1. The van der Waals surface area contributed by atoms with Gasteiger partial charge in [-0.25, -0.2) is 0 Å². The SMILES string of the molecule is CCC(N)c1c[nH]c2c(OCC(=O)N(CC)CC)cccc12. The van der Waals surface area contributed by atoms with Crippen molar-refractivity contribution in [1.82, 2.24) is 9.88 Å². The van der Waals surface area contributed by atoms with Crippen molar-refractivity contribution < 1.29 is 9.53 Å². The summed E-state index contributed by atoms with van der Waals surface area (Å²) in [4.78, 5) is 17.0. The Morgan fingerprint density at radius 1 is 1.32 bits per heavy atom. The highest BCUT2D eigenvalue weighted by atomic mass is 16.5. The Morgan fingerprint density at radius 2 is 2.05 bits per heavy atom. The molecule has 2 rings (SSSR count). The second kappa shape index (κ2) is 7.31. The number of aromatic amines is 1. The maximum absolute atomic E-state index is 12.0. The number of H-pyrrole nitrogens is 1. The highest BCUT2D eigenvalue weighted by Gasteiger charge is 2.15. The Kier molecular flexibility index (Phi) is 5.44. The van der Waals surface area contributed by atoms with Gasteiger partial charge in [0.25, 0.3) is 5.91 Å². The third kappa shape index (κ3) is 3.25. The molecule has 5 nitrogen and oxygen atoms in total. The van der Waals surface area contributed by atoms with Crippen molar-refractivity contribution in [3.8, 4) is 5.75 Å². The topological polar surface area (TPSA) is 71.4 Å². The molecule has 0 radical (unpaired) electrons. The van der Waals surface area contributed by atoms with E-state index >= 15 is 0 Å². The molecule has 1 heterocycles. The molecule has 2 aromatic rings. The zero-order valence-corrected chi connectivity index (χ0v) is 13.6. The normalized spacial score (nSPS) is 12.4. The Labute approximate surface area is 131 Å². The maximum atomic E-state index is 12.0. The molecule has 0 fully saturated rings. The number of amides is 1. The number of para-hydroxylation sites is 1. The van der Waals surface area contributed by atoms with Crippen LogP contribution in [0, 0.1) is 0 Å². The van der Waals surface area contributed by atoms with Crippen LogP contribution >= 0.6 is 0 Å². The summed E-state index contributed by atoms with van der Waals surface area (Å²) in [5, 5.41) is 1.06. The number of ether oxygens (including phenoxy) is 1. The lowest BCUT2D eigenvalue weighted by Crippen LogP contribution is -2.34. The summed E-state index contributed by atoms with van der Waals surface area (Å²) in [6, 6.07) is 5.83. The molecule has 0 saturated carbocycles. The van der Waals surface area contributed by atoms with Gasteiger partial charge in [0, 0.05) is 30.7 Å². The zero-order valence-electron chi connectivity index (χ0n) is 13.6. The summed E-state index contributed by atoms with van der Waals surface area (Å²) in [6.07, 6.45) is 2.80. The van der Waals surface area contributed by atoms with Gasteiger partial charge in [-0.05, 0) is 31.9 Å². The molecule has 0 aliphatic rings. The number of nitrogens with two attached hydrogens (primary N) is 1. The van der Waals surface area contributed by atoms with E-state index in [-0.39, 0.29) is 18.6 Å². The highest BCUT2D eigenvalue weighted by molar-refractivity contribution is 5.89. The highest BCUT2D eigenvalue weighted by Crippen LogP contribution is 2.30. The van der Waals surface area contributed by atoms with E-state index in [1.807, 2.05) is 38.2 Å². The summed E-state index contributed by atoms with van der Waals surface area (Å²) >= 11 is 0. The van der Waals surface area contributed by atoms with E-state index in [1.165, 1.54) is 0 Å². The predicted molar refractivity (Wildman–Crippen MR) is 88.9 cm³/mol. The molecule has 120 valence electrons. The summed E-state index contributed by atoms with van der Waals surface area (Å²) in [7, 11) is 0. The monoisotopic (exact) mass is 303 g/mol. The summed E-state index contributed by atoms with van der Waals surface area (Å²) in [5.74, 6) is 0.687. The van der Waals surface area contributed by atoms with Crippen LogP contribution in [0.15, 0.2) is 24.4 Å². The average molecular weight is 303 g/mol.